The summed E-state index contributed by atoms with van der Waals surface area (Å²) in [4.78, 5) is 37.3. The molecule has 1 fully saturated rings. The fraction of sp³-hybridized carbons (Fsp3) is 0.550. The molecule has 0 N–H and O–H groups in total. The van der Waals surface area contributed by atoms with E-state index in [0.29, 0.717) is 6.29 Å². The van der Waals surface area contributed by atoms with Crippen molar-refractivity contribution in [3.8, 4) is 0 Å². The van der Waals surface area contributed by atoms with E-state index in [0.717, 1.165) is 5.56 Å². The Bertz CT molecular complexity index is 669. The molecule has 0 bridgehead atoms. The van der Waals surface area contributed by atoms with Gasteiger partial charge in [0.1, 0.15) is 30.3 Å². The van der Waals surface area contributed by atoms with Gasteiger partial charge in [-0.25, -0.2) is 4.79 Å². The number of carbonyl (C=O) groups is 3. The van der Waals surface area contributed by atoms with Gasteiger partial charge in [0.15, 0.2) is 0 Å². The number of aldehydes is 1. The number of esters is 1. The molecule has 0 radical (unpaired) electrons. The zero-order chi connectivity index (χ0) is 20.1. The van der Waals surface area contributed by atoms with Gasteiger partial charge in [0.05, 0.1) is 13.0 Å². The highest BCUT2D eigenvalue weighted by molar-refractivity contribution is 5.75. The van der Waals surface area contributed by atoms with Gasteiger partial charge in [-0.3, -0.25) is 9.69 Å². The standard InChI is InChI=1S/C20H27NO6/c1-19(2,3)27-18(24)21-16(12-22)14-26-20(21,4)11-10-17(23)25-13-15-8-6-5-7-9-15/h5-9,12,16H,10-11,13-14H2,1-4H3/t16-,20?/m1/s1. The lowest BCUT2D eigenvalue weighted by Crippen LogP contribution is -2.52. The molecule has 27 heavy (non-hydrogen) atoms. The van der Waals surface area contributed by atoms with E-state index < -0.39 is 29.4 Å². The zero-order valence-electron chi connectivity index (χ0n) is 16.3. The molecular formula is C20H27NO6. The average Bonchev–Trinajstić information content (AvgIpc) is 2.95. The molecule has 1 unspecified atom stereocenters. The Kier molecular flexibility index (Phi) is 6.59. The third-order valence-electron chi connectivity index (χ3n) is 4.19. The first-order valence-electron chi connectivity index (χ1n) is 8.96. The van der Waals surface area contributed by atoms with Crippen molar-refractivity contribution in [1.29, 1.82) is 0 Å². The third-order valence-corrected chi connectivity index (χ3v) is 4.19. The van der Waals surface area contributed by atoms with Crippen molar-refractivity contribution in [2.24, 2.45) is 0 Å². The van der Waals surface area contributed by atoms with Crippen LogP contribution in [0.1, 0.15) is 46.1 Å². The molecule has 1 amide bonds. The van der Waals surface area contributed by atoms with Gasteiger partial charge in [-0.1, -0.05) is 30.3 Å². The van der Waals surface area contributed by atoms with E-state index >= 15 is 0 Å². The van der Waals surface area contributed by atoms with Crippen molar-refractivity contribution >= 4 is 18.3 Å². The molecule has 0 aliphatic carbocycles. The molecule has 2 atom stereocenters. The van der Waals surface area contributed by atoms with E-state index in [1.807, 2.05) is 30.3 Å². The molecule has 148 valence electrons. The summed E-state index contributed by atoms with van der Waals surface area (Å²) in [5.41, 5.74) is -0.923. The normalized spacial score (nSPS) is 22.4. The molecule has 1 aliphatic rings. The fourth-order valence-electron chi connectivity index (χ4n) is 2.84. The van der Waals surface area contributed by atoms with Gasteiger partial charge < -0.3 is 19.0 Å². The molecule has 0 spiro atoms. The van der Waals surface area contributed by atoms with Crippen LogP contribution in [0.15, 0.2) is 30.3 Å². The number of nitrogens with zero attached hydrogens (tertiary/aromatic N) is 1. The monoisotopic (exact) mass is 377 g/mol. The van der Waals surface area contributed by atoms with E-state index in [9.17, 15) is 14.4 Å². The summed E-state index contributed by atoms with van der Waals surface area (Å²) in [5, 5.41) is 0. The van der Waals surface area contributed by atoms with Crippen LogP contribution in [0.2, 0.25) is 0 Å². The highest BCUT2D eigenvalue weighted by Crippen LogP contribution is 2.33. The summed E-state index contributed by atoms with van der Waals surface area (Å²) in [5.74, 6) is -0.401. The summed E-state index contributed by atoms with van der Waals surface area (Å²) in [7, 11) is 0. The average molecular weight is 377 g/mol. The number of carbonyl (C=O) groups excluding carboxylic acids is 3. The van der Waals surface area contributed by atoms with Crippen molar-refractivity contribution in [3.05, 3.63) is 35.9 Å². The van der Waals surface area contributed by atoms with Crippen LogP contribution in [0.5, 0.6) is 0 Å². The quantitative estimate of drug-likeness (QED) is 0.560. The van der Waals surface area contributed by atoms with Gasteiger partial charge in [-0.2, -0.15) is 0 Å². The van der Waals surface area contributed by atoms with Crippen LogP contribution >= 0.6 is 0 Å². The second kappa shape index (κ2) is 8.52. The predicted molar refractivity (Wildman–Crippen MR) is 97.8 cm³/mol. The second-order valence-electron chi connectivity index (χ2n) is 7.69. The first-order valence-corrected chi connectivity index (χ1v) is 8.96. The number of rotatable bonds is 6. The summed E-state index contributed by atoms with van der Waals surface area (Å²) in [6.45, 7) is 7.16. The molecule has 0 saturated carbocycles. The first-order chi connectivity index (χ1) is 12.6. The van der Waals surface area contributed by atoms with Gasteiger partial charge in [0.25, 0.3) is 0 Å². The molecule has 7 nitrogen and oxygen atoms in total. The van der Waals surface area contributed by atoms with Gasteiger partial charge >= 0.3 is 12.1 Å². The predicted octanol–water partition coefficient (Wildman–Crippen LogP) is 3.06. The van der Waals surface area contributed by atoms with Crippen molar-refractivity contribution in [1.82, 2.24) is 4.90 Å². The molecule has 2 rings (SSSR count). The van der Waals surface area contributed by atoms with Crippen LogP contribution < -0.4 is 0 Å². The van der Waals surface area contributed by atoms with E-state index in [4.69, 9.17) is 14.2 Å². The van der Waals surface area contributed by atoms with E-state index in [2.05, 4.69) is 0 Å². The molecule has 1 heterocycles. The third kappa shape index (κ3) is 5.79. The smallest absolute Gasteiger partial charge is 0.413 e. The lowest BCUT2D eigenvalue weighted by atomic mass is 10.1. The lowest BCUT2D eigenvalue weighted by Gasteiger charge is -2.36. The maximum absolute atomic E-state index is 12.5. The van der Waals surface area contributed by atoms with Crippen molar-refractivity contribution in [2.75, 3.05) is 6.61 Å². The van der Waals surface area contributed by atoms with Crippen molar-refractivity contribution in [3.63, 3.8) is 0 Å². The Morgan fingerprint density at radius 2 is 1.96 bits per heavy atom. The Morgan fingerprint density at radius 1 is 1.30 bits per heavy atom. The van der Waals surface area contributed by atoms with E-state index in [1.54, 1.807) is 27.7 Å². The number of ether oxygens (including phenoxy) is 3. The maximum Gasteiger partial charge on any atom is 0.413 e. The Labute approximate surface area is 159 Å². The van der Waals surface area contributed by atoms with Crippen molar-refractivity contribution in [2.45, 2.75) is 64.5 Å². The van der Waals surface area contributed by atoms with Gasteiger partial charge in [0.2, 0.25) is 0 Å². The van der Waals surface area contributed by atoms with Crippen LogP contribution in [0.3, 0.4) is 0 Å². The van der Waals surface area contributed by atoms with Crippen LogP contribution in [0.25, 0.3) is 0 Å². The first kappa shape index (κ1) is 20.9. The van der Waals surface area contributed by atoms with Gasteiger partial charge in [0, 0.05) is 6.42 Å². The fourth-order valence-corrected chi connectivity index (χ4v) is 2.84. The SMILES string of the molecule is CC(C)(C)OC(=O)N1[C@H](C=O)COC1(C)CCC(=O)OCc1ccccc1. The summed E-state index contributed by atoms with van der Waals surface area (Å²) < 4.78 is 16.3. The highest BCUT2D eigenvalue weighted by atomic mass is 16.6. The van der Waals surface area contributed by atoms with E-state index in [-0.39, 0.29) is 26.1 Å². The number of benzene rings is 1. The van der Waals surface area contributed by atoms with Crippen molar-refractivity contribution < 1.29 is 28.6 Å². The summed E-state index contributed by atoms with van der Waals surface area (Å²) in [6.07, 6.45) is 0.263. The molecular weight excluding hydrogens is 350 g/mol. The molecule has 7 heteroatoms. The Morgan fingerprint density at radius 3 is 2.56 bits per heavy atom. The highest BCUT2D eigenvalue weighted by Gasteiger charge is 2.48. The molecule has 0 aromatic heterocycles. The summed E-state index contributed by atoms with van der Waals surface area (Å²) >= 11 is 0. The molecule has 1 aromatic carbocycles. The molecule has 1 aliphatic heterocycles. The largest absolute Gasteiger partial charge is 0.461 e. The van der Waals surface area contributed by atoms with Gasteiger partial charge in [-0.05, 0) is 33.3 Å². The number of hydrogen-bond donors (Lipinski definition) is 0. The molecule has 1 saturated heterocycles. The summed E-state index contributed by atoms with van der Waals surface area (Å²) in [6, 6.07) is 8.62. The minimum Gasteiger partial charge on any atom is -0.461 e. The minimum absolute atomic E-state index is 0.0498. The lowest BCUT2D eigenvalue weighted by molar-refractivity contribution is -0.148. The number of amides is 1. The maximum atomic E-state index is 12.5. The number of hydrogen-bond acceptors (Lipinski definition) is 6. The topological polar surface area (TPSA) is 82.1 Å². The molecule has 1 aromatic rings. The Balaban J connectivity index is 1.96. The van der Waals surface area contributed by atoms with Crippen LogP contribution in [0, 0.1) is 0 Å². The van der Waals surface area contributed by atoms with Crippen LogP contribution in [0.4, 0.5) is 4.79 Å². The zero-order valence-corrected chi connectivity index (χ0v) is 16.3. The van der Waals surface area contributed by atoms with E-state index in [1.165, 1.54) is 4.90 Å². The second-order valence-corrected chi connectivity index (χ2v) is 7.69. The Hall–Kier alpha value is -2.41. The van der Waals surface area contributed by atoms with Crippen LogP contribution in [-0.2, 0) is 30.4 Å². The van der Waals surface area contributed by atoms with Crippen LogP contribution in [-0.4, -0.2) is 47.2 Å². The minimum atomic E-state index is -1.11. The van der Waals surface area contributed by atoms with Gasteiger partial charge in [-0.15, -0.1) is 0 Å².